The molecule has 0 heterocycles. The van der Waals surface area contributed by atoms with Gasteiger partial charge in [0.2, 0.25) is 0 Å². The van der Waals surface area contributed by atoms with Crippen LogP contribution in [0, 0.1) is 0 Å². The maximum atomic E-state index is 3.93. The van der Waals surface area contributed by atoms with Gasteiger partial charge in [0.05, 0.1) is 0 Å². The number of unbranched alkanes of at least 4 members (excludes halogenated alkanes) is 3. The molecule has 0 rings (SSSR count). The van der Waals surface area contributed by atoms with Gasteiger partial charge in [-0.05, 0) is 44.4 Å². The van der Waals surface area contributed by atoms with Gasteiger partial charge in [0.25, 0.3) is 0 Å². The Balaban J connectivity index is 3.12. The number of hydrogen-bond donors (Lipinski definition) is 0. The highest BCUT2D eigenvalue weighted by molar-refractivity contribution is 7.37. The Morgan fingerprint density at radius 1 is 0.722 bits per heavy atom. The topological polar surface area (TPSA) is 0 Å². The van der Waals surface area contributed by atoms with E-state index in [4.69, 9.17) is 0 Å². The zero-order valence-electron chi connectivity index (χ0n) is 11.8. The Morgan fingerprint density at radius 2 is 1.22 bits per heavy atom. The van der Waals surface area contributed by atoms with Crippen molar-refractivity contribution in [1.82, 2.24) is 0 Å². The lowest BCUT2D eigenvalue weighted by molar-refractivity contribution is 0.671. The summed E-state index contributed by atoms with van der Waals surface area (Å²) in [4.78, 5) is 0. The highest BCUT2D eigenvalue weighted by Crippen LogP contribution is 2.18. The zero-order chi connectivity index (χ0) is 13.6. The predicted molar refractivity (Wildman–Crippen MR) is 89.0 cm³/mol. The van der Waals surface area contributed by atoms with Crippen molar-refractivity contribution in [2.24, 2.45) is 0 Å². The smallest absolute Gasteiger partial charge is 0.0282 e. The van der Waals surface area contributed by atoms with Crippen LogP contribution in [0.15, 0.2) is 49.6 Å². The lowest BCUT2D eigenvalue weighted by Gasteiger charge is -2.03. The number of hydrogen-bond acceptors (Lipinski definition) is 0. The van der Waals surface area contributed by atoms with Crippen molar-refractivity contribution in [1.29, 1.82) is 0 Å². The van der Waals surface area contributed by atoms with Crippen molar-refractivity contribution in [2.75, 3.05) is 12.3 Å². The largest absolute Gasteiger partial charge is 0.122 e. The third kappa shape index (κ3) is 11.9. The van der Waals surface area contributed by atoms with Crippen molar-refractivity contribution < 1.29 is 0 Å². The van der Waals surface area contributed by atoms with Crippen molar-refractivity contribution in [3.05, 3.63) is 49.6 Å². The van der Waals surface area contributed by atoms with Crippen LogP contribution in [0.5, 0.6) is 0 Å². The van der Waals surface area contributed by atoms with Crippen LogP contribution in [-0.2, 0) is 0 Å². The minimum absolute atomic E-state index is 1.12. The molecule has 18 heavy (non-hydrogen) atoms. The first kappa shape index (κ1) is 17.4. The van der Waals surface area contributed by atoms with Crippen LogP contribution in [-0.4, -0.2) is 12.3 Å². The molecule has 0 aromatic heterocycles. The molecule has 0 nitrogen and oxygen atoms in total. The van der Waals surface area contributed by atoms with Crippen LogP contribution >= 0.6 is 8.58 Å². The standard InChI is InChI=1S/C17H29P/c1-5-16(3)12-9-7-8-10-14-18-15-11-13-17(4)6-2/h5-6,18H,1-4,7-15H2. The quantitative estimate of drug-likeness (QED) is 0.221. The van der Waals surface area contributed by atoms with E-state index in [1.165, 1.54) is 55.6 Å². The molecule has 0 saturated carbocycles. The molecule has 0 N–H and O–H groups in total. The van der Waals surface area contributed by atoms with E-state index in [0.29, 0.717) is 0 Å². The molecule has 0 spiro atoms. The van der Waals surface area contributed by atoms with Gasteiger partial charge in [0, 0.05) is 0 Å². The molecule has 0 saturated heterocycles. The molecule has 0 bridgehead atoms. The van der Waals surface area contributed by atoms with Gasteiger partial charge in [0.15, 0.2) is 0 Å². The Kier molecular flexibility index (Phi) is 12.4. The van der Waals surface area contributed by atoms with E-state index in [1.54, 1.807) is 0 Å². The third-order valence-corrected chi connectivity index (χ3v) is 4.44. The predicted octanol–water partition coefficient (Wildman–Crippen LogP) is 5.88. The van der Waals surface area contributed by atoms with Crippen molar-refractivity contribution in [3.63, 3.8) is 0 Å². The van der Waals surface area contributed by atoms with E-state index < -0.39 is 0 Å². The molecule has 0 aliphatic carbocycles. The molecule has 1 unspecified atom stereocenters. The molecular weight excluding hydrogens is 235 g/mol. The van der Waals surface area contributed by atoms with Crippen LogP contribution in [0.3, 0.4) is 0 Å². The number of rotatable bonds is 13. The Bertz CT molecular complexity index is 235. The molecule has 0 aliphatic heterocycles. The first-order chi connectivity index (χ1) is 8.70. The Hall–Kier alpha value is -0.610. The van der Waals surface area contributed by atoms with Gasteiger partial charge in [-0.2, -0.15) is 0 Å². The summed E-state index contributed by atoms with van der Waals surface area (Å²) in [5.74, 6) is 0. The second kappa shape index (κ2) is 12.8. The highest BCUT2D eigenvalue weighted by atomic mass is 31.1. The van der Waals surface area contributed by atoms with Gasteiger partial charge < -0.3 is 0 Å². The van der Waals surface area contributed by atoms with Gasteiger partial charge >= 0.3 is 0 Å². The van der Waals surface area contributed by atoms with Crippen LogP contribution in [0.4, 0.5) is 0 Å². The van der Waals surface area contributed by atoms with Crippen molar-refractivity contribution >= 4 is 8.58 Å². The summed E-state index contributed by atoms with van der Waals surface area (Å²) >= 11 is 0. The van der Waals surface area contributed by atoms with Gasteiger partial charge in [-0.25, -0.2) is 0 Å². The van der Waals surface area contributed by atoms with Gasteiger partial charge in [0.1, 0.15) is 0 Å². The van der Waals surface area contributed by atoms with Crippen molar-refractivity contribution in [2.45, 2.75) is 44.9 Å². The summed E-state index contributed by atoms with van der Waals surface area (Å²) in [5, 5.41) is 0. The molecule has 0 aromatic carbocycles. The van der Waals surface area contributed by atoms with Gasteiger partial charge in [-0.15, -0.1) is 8.58 Å². The fourth-order valence-electron chi connectivity index (χ4n) is 1.73. The van der Waals surface area contributed by atoms with Gasteiger partial charge in [-0.3, -0.25) is 0 Å². The minimum Gasteiger partial charge on any atom is -0.122 e. The Labute approximate surface area is 116 Å². The lowest BCUT2D eigenvalue weighted by atomic mass is 10.1. The second-order valence-corrected chi connectivity index (χ2v) is 6.24. The average Bonchev–Trinajstić information content (AvgIpc) is 2.40. The van der Waals surface area contributed by atoms with Crippen LogP contribution < -0.4 is 0 Å². The molecule has 0 fully saturated rings. The van der Waals surface area contributed by atoms with Crippen LogP contribution in [0.25, 0.3) is 0 Å². The average molecular weight is 264 g/mol. The van der Waals surface area contributed by atoms with Gasteiger partial charge in [-0.1, -0.05) is 62.5 Å². The summed E-state index contributed by atoms with van der Waals surface area (Å²) in [6.07, 6.45) is 15.4. The number of allylic oxidation sites excluding steroid dienone is 4. The monoisotopic (exact) mass is 264 g/mol. The first-order valence-electron chi connectivity index (χ1n) is 7.02. The maximum Gasteiger partial charge on any atom is -0.0282 e. The minimum atomic E-state index is 1.12. The molecule has 0 aliphatic rings. The normalized spacial score (nSPS) is 10.7. The van der Waals surface area contributed by atoms with E-state index in [1.807, 2.05) is 12.2 Å². The van der Waals surface area contributed by atoms with Crippen LogP contribution in [0.1, 0.15) is 44.9 Å². The van der Waals surface area contributed by atoms with E-state index in [-0.39, 0.29) is 0 Å². The lowest BCUT2D eigenvalue weighted by Crippen LogP contribution is -1.85. The van der Waals surface area contributed by atoms with E-state index in [2.05, 4.69) is 26.3 Å². The molecule has 1 heteroatoms. The zero-order valence-corrected chi connectivity index (χ0v) is 12.8. The molecular formula is C17H29P. The first-order valence-corrected chi connectivity index (χ1v) is 8.43. The molecule has 1 atom stereocenters. The highest BCUT2D eigenvalue weighted by Gasteiger charge is 1.94. The Morgan fingerprint density at radius 3 is 1.83 bits per heavy atom. The molecule has 0 amide bonds. The van der Waals surface area contributed by atoms with E-state index >= 15 is 0 Å². The maximum absolute atomic E-state index is 3.93. The van der Waals surface area contributed by atoms with E-state index in [0.717, 1.165) is 21.4 Å². The fourth-order valence-corrected chi connectivity index (χ4v) is 2.90. The molecule has 0 radical (unpaired) electrons. The summed E-state index contributed by atoms with van der Waals surface area (Å²) in [6.45, 7) is 15.3. The second-order valence-electron chi connectivity index (χ2n) is 4.74. The summed E-state index contributed by atoms with van der Waals surface area (Å²) in [7, 11) is 1.13. The summed E-state index contributed by atoms with van der Waals surface area (Å²) in [6, 6.07) is 0. The third-order valence-electron chi connectivity index (χ3n) is 3.03. The fraction of sp³-hybridized carbons (Fsp3) is 0.529. The molecule has 0 aromatic rings. The summed E-state index contributed by atoms with van der Waals surface area (Å²) in [5.41, 5.74) is 2.36. The molecule has 102 valence electrons. The SMILES string of the molecule is C=CC(=C)CCCCCCPCCCC(=C)C=C. The summed E-state index contributed by atoms with van der Waals surface area (Å²) < 4.78 is 0. The van der Waals surface area contributed by atoms with Crippen LogP contribution in [0.2, 0.25) is 0 Å². The van der Waals surface area contributed by atoms with E-state index in [9.17, 15) is 0 Å². The van der Waals surface area contributed by atoms with Crippen molar-refractivity contribution in [3.8, 4) is 0 Å².